The lowest BCUT2D eigenvalue weighted by Gasteiger charge is -2.16. The number of rotatable bonds is 7. The Kier molecular flexibility index (Phi) is 6.40. The van der Waals surface area contributed by atoms with Gasteiger partial charge in [0.2, 0.25) is 0 Å². The first-order chi connectivity index (χ1) is 14.3. The minimum absolute atomic E-state index is 0.0565. The van der Waals surface area contributed by atoms with E-state index >= 15 is 0 Å². The van der Waals surface area contributed by atoms with E-state index in [4.69, 9.17) is 0 Å². The second-order valence-electron chi connectivity index (χ2n) is 7.78. The molecule has 0 aliphatic rings. The summed E-state index contributed by atoms with van der Waals surface area (Å²) in [6.45, 7) is 6.03. The summed E-state index contributed by atoms with van der Waals surface area (Å²) in [5.41, 5.74) is 0.286. The van der Waals surface area contributed by atoms with Crippen LogP contribution in [0, 0.1) is 11.7 Å². The van der Waals surface area contributed by atoms with Crippen molar-refractivity contribution in [3.63, 3.8) is 0 Å². The molecule has 0 saturated heterocycles. The van der Waals surface area contributed by atoms with E-state index in [-0.39, 0.29) is 29.4 Å². The van der Waals surface area contributed by atoms with Crippen molar-refractivity contribution < 1.29 is 14.0 Å². The second kappa shape index (κ2) is 8.98. The van der Waals surface area contributed by atoms with Crippen LogP contribution in [-0.4, -0.2) is 27.5 Å². The van der Waals surface area contributed by atoms with Crippen LogP contribution in [0.3, 0.4) is 0 Å². The summed E-state index contributed by atoms with van der Waals surface area (Å²) in [7, 11) is 0. The number of carbonyl (C=O) groups is 2. The number of nitrogens with zero attached hydrogens (tertiary/aromatic N) is 2. The first-order valence-corrected chi connectivity index (χ1v) is 9.85. The minimum Gasteiger partial charge on any atom is -0.348 e. The number of fused-ring (bicyclic) bond motifs is 1. The van der Waals surface area contributed by atoms with Gasteiger partial charge in [-0.05, 0) is 43.2 Å². The molecule has 30 heavy (non-hydrogen) atoms. The zero-order chi connectivity index (χ0) is 21.8. The Hall–Kier alpha value is -3.35. The molecule has 3 rings (SSSR count). The topological polar surface area (TPSA) is 81.1 Å². The van der Waals surface area contributed by atoms with Crippen molar-refractivity contribution in [2.75, 3.05) is 0 Å². The molecule has 0 aliphatic heterocycles. The molecule has 0 unspecified atom stereocenters. The van der Waals surface area contributed by atoms with Crippen molar-refractivity contribution in [3.8, 4) is 0 Å². The number of halogens is 1. The Morgan fingerprint density at radius 1 is 1.03 bits per heavy atom. The molecule has 0 radical (unpaired) electrons. The molecule has 1 heterocycles. The van der Waals surface area contributed by atoms with Crippen molar-refractivity contribution in [1.29, 1.82) is 0 Å². The maximum absolute atomic E-state index is 13.0. The quantitative estimate of drug-likeness (QED) is 0.605. The molecular weight excluding hydrogens is 385 g/mol. The second-order valence-corrected chi connectivity index (χ2v) is 7.78. The molecule has 7 heteroatoms. The normalized spacial score (nSPS) is 12.2. The molecule has 0 fully saturated rings. The number of Topliss-reactive ketones (excluding diaryl/α,β-unsaturated/α-hetero) is 1. The fourth-order valence-electron chi connectivity index (χ4n) is 3.25. The van der Waals surface area contributed by atoms with Crippen LogP contribution in [0.5, 0.6) is 0 Å². The third-order valence-corrected chi connectivity index (χ3v) is 4.66. The molecule has 3 aromatic rings. The lowest BCUT2D eigenvalue weighted by molar-refractivity contribution is 0.0913. The molecule has 1 atom stereocenters. The molecule has 1 N–H and O–H groups in total. The number of amides is 1. The Morgan fingerprint density at radius 3 is 2.30 bits per heavy atom. The van der Waals surface area contributed by atoms with Crippen LogP contribution >= 0.6 is 0 Å². The molecule has 0 saturated carbocycles. The standard InChI is InChI=1S/C23H24FN3O3/c1-14(2)13-27-23(30)19-7-5-4-6-18(19)21(26-27)22(29)25-15(3)12-20(28)16-8-10-17(24)11-9-16/h4-11,14-15H,12-13H2,1-3H3,(H,25,29)/t15-/m1/s1. The predicted octanol–water partition coefficient (Wildman–Crippen LogP) is 3.58. The Balaban J connectivity index is 1.83. The molecule has 1 amide bonds. The van der Waals surface area contributed by atoms with Gasteiger partial charge < -0.3 is 5.32 Å². The molecule has 0 aliphatic carbocycles. The number of benzene rings is 2. The highest BCUT2D eigenvalue weighted by Crippen LogP contribution is 2.15. The summed E-state index contributed by atoms with van der Waals surface area (Å²) in [5, 5.41) is 7.99. The number of ketones is 1. The van der Waals surface area contributed by atoms with Gasteiger partial charge in [-0.2, -0.15) is 5.10 Å². The first kappa shape index (κ1) is 21.4. The maximum Gasteiger partial charge on any atom is 0.274 e. The van der Waals surface area contributed by atoms with Gasteiger partial charge in [-0.25, -0.2) is 9.07 Å². The summed E-state index contributed by atoms with van der Waals surface area (Å²) in [5.74, 6) is -0.893. The maximum atomic E-state index is 13.0. The number of aromatic nitrogens is 2. The van der Waals surface area contributed by atoms with Gasteiger partial charge in [0.1, 0.15) is 5.82 Å². The number of hydrogen-bond donors (Lipinski definition) is 1. The lowest BCUT2D eigenvalue weighted by atomic mass is 10.0. The summed E-state index contributed by atoms with van der Waals surface area (Å²) in [4.78, 5) is 38.0. The van der Waals surface area contributed by atoms with Crippen LogP contribution in [0.25, 0.3) is 10.8 Å². The highest BCUT2D eigenvalue weighted by molar-refractivity contribution is 6.05. The molecular formula is C23H24FN3O3. The monoisotopic (exact) mass is 409 g/mol. The molecule has 0 spiro atoms. The SMILES string of the molecule is CC(C)Cn1nc(C(=O)N[C@H](C)CC(=O)c2ccc(F)cc2)c2ccccc2c1=O. The van der Waals surface area contributed by atoms with E-state index in [0.717, 1.165) is 0 Å². The zero-order valence-corrected chi connectivity index (χ0v) is 17.2. The van der Waals surface area contributed by atoms with Gasteiger partial charge in [0.15, 0.2) is 11.5 Å². The van der Waals surface area contributed by atoms with Gasteiger partial charge in [0, 0.05) is 30.0 Å². The van der Waals surface area contributed by atoms with Gasteiger partial charge in [0.05, 0.1) is 5.39 Å². The highest BCUT2D eigenvalue weighted by Gasteiger charge is 2.20. The van der Waals surface area contributed by atoms with Gasteiger partial charge >= 0.3 is 0 Å². The van der Waals surface area contributed by atoms with Crippen molar-refractivity contribution in [2.45, 2.75) is 39.8 Å². The molecule has 6 nitrogen and oxygen atoms in total. The molecule has 156 valence electrons. The highest BCUT2D eigenvalue weighted by atomic mass is 19.1. The Bertz CT molecular complexity index is 1140. The minimum atomic E-state index is -0.471. The van der Waals surface area contributed by atoms with Crippen LogP contribution < -0.4 is 10.9 Å². The van der Waals surface area contributed by atoms with Gasteiger partial charge in [-0.3, -0.25) is 14.4 Å². The van der Waals surface area contributed by atoms with E-state index in [1.165, 1.54) is 28.9 Å². The average molecular weight is 409 g/mol. The molecule has 0 bridgehead atoms. The van der Waals surface area contributed by atoms with E-state index in [0.29, 0.717) is 22.9 Å². The van der Waals surface area contributed by atoms with E-state index in [9.17, 15) is 18.8 Å². The van der Waals surface area contributed by atoms with Crippen molar-refractivity contribution in [3.05, 3.63) is 76.0 Å². The summed E-state index contributed by atoms with van der Waals surface area (Å²) in [6, 6.07) is 11.7. The fraction of sp³-hybridized carbons (Fsp3) is 0.304. The first-order valence-electron chi connectivity index (χ1n) is 9.85. The fourth-order valence-corrected chi connectivity index (χ4v) is 3.25. The largest absolute Gasteiger partial charge is 0.348 e. The molecule has 1 aromatic heterocycles. The van der Waals surface area contributed by atoms with Crippen molar-refractivity contribution in [1.82, 2.24) is 15.1 Å². The van der Waals surface area contributed by atoms with Gasteiger partial charge in [-0.1, -0.05) is 32.0 Å². The summed E-state index contributed by atoms with van der Waals surface area (Å²) in [6.07, 6.45) is 0.0565. The molecule has 2 aromatic carbocycles. The van der Waals surface area contributed by atoms with Gasteiger partial charge in [-0.15, -0.1) is 0 Å². The Morgan fingerprint density at radius 2 is 1.67 bits per heavy atom. The number of carbonyl (C=O) groups excluding carboxylic acids is 2. The lowest BCUT2D eigenvalue weighted by Crippen LogP contribution is -2.37. The summed E-state index contributed by atoms with van der Waals surface area (Å²) >= 11 is 0. The van der Waals surface area contributed by atoms with Crippen molar-refractivity contribution >= 4 is 22.5 Å². The van der Waals surface area contributed by atoms with Gasteiger partial charge in [0.25, 0.3) is 11.5 Å². The van der Waals surface area contributed by atoms with Crippen LogP contribution in [0.4, 0.5) is 4.39 Å². The summed E-state index contributed by atoms with van der Waals surface area (Å²) < 4.78 is 14.4. The van der Waals surface area contributed by atoms with Crippen LogP contribution in [0.2, 0.25) is 0 Å². The third kappa shape index (κ3) is 4.79. The van der Waals surface area contributed by atoms with Crippen LogP contribution in [0.1, 0.15) is 48.0 Å². The third-order valence-electron chi connectivity index (χ3n) is 4.66. The van der Waals surface area contributed by atoms with E-state index in [1.807, 2.05) is 13.8 Å². The Labute approximate surface area is 173 Å². The van der Waals surface area contributed by atoms with E-state index < -0.39 is 17.8 Å². The van der Waals surface area contributed by atoms with Crippen LogP contribution in [0.15, 0.2) is 53.3 Å². The average Bonchev–Trinajstić information content (AvgIpc) is 2.70. The van der Waals surface area contributed by atoms with Crippen molar-refractivity contribution in [2.24, 2.45) is 5.92 Å². The number of hydrogen-bond acceptors (Lipinski definition) is 4. The van der Waals surface area contributed by atoms with E-state index in [1.54, 1.807) is 31.2 Å². The number of nitrogens with one attached hydrogen (secondary N) is 1. The van der Waals surface area contributed by atoms with Crippen LogP contribution in [-0.2, 0) is 6.54 Å². The predicted molar refractivity (Wildman–Crippen MR) is 113 cm³/mol. The smallest absolute Gasteiger partial charge is 0.274 e. The van der Waals surface area contributed by atoms with E-state index in [2.05, 4.69) is 10.4 Å². The zero-order valence-electron chi connectivity index (χ0n) is 17.2.